The third-order valence-electron chi connectivity index (χ3n) is 3.86. The predicted molar refractivity (Wildman–Crippen MR) is 88.6 cm³/mol. The molecule has 3 rings (SSSR count). The summed E-state index contributed by atoms with van der Waals surface area (Å²) in [5, 5.41) is 18.3. The molecule has 1 N–H and O–H groups in total. The van der Waals surface area contributed by atoms with E-state index >= 15 is 0 Å². The van der Waals surface area contributed by atoms with E-state index in [9.17, 15) is 18.0 Å². The zero-order valence-corrected chi connectivity index (χ0v) is 13.2. The third-order valence-corrected chi connectivity index (χ3v) is 3.86. The number of carbonyl (C=O) groups is 1. The summed E-state index contributed by atoms with van der Waals surface area (Å²) in [7, 11) is 0. The highest BCUT2D eigenvalue weighted by atomic mass is 19.2. The fraction of sp³-hybridized carbons (Fsp3) is 0.0526. The van der Waals surface area contributed by atoms with Gasteiger partial charge in [0.2, 0.25) is 0 Å². The average molecular weight is 356 g/mol. The summed E-state index contributed by atoms with van der Waals surface area (Å²) in [4.78, 5) is 11.1. The number of nitrogens with zero attached hydrogens (tertiary/aromatic N) is 2. The zero-order valence-electron chi connectivity index (χ0n) is 13.2. The van der Waals surface area contributed by atoms with Crippen LogP contribution in [0.1, 0.15) is 11.1 Å². The van der Waals surface area contributed by atoms with Crippen LogP contribution in [0.4, 0.5) is 13.2 Å². The Morgan fingerprint density at radius 2 is 1.92 bits per heavy atom. The van der Waals surface area contributed by atoms with Crippen molar-refractivity contribution in [2.45, 2.75) is 6.54 Å². The zero-order chi connectivity index (χ0) is 18.8. The van der Waals surface area contributed by atoms with Crippen LogP contribution in [0.15, 0.2) is 48.2 Å². The van der Waals surface area contributed by atoms with Crippen molar-refractivity contribution in [1.29, 1.82) is 5.26 Å². The van der Waals surface area contributed by atoms with Gasteiger partial charge in [-0.15, -0.1) is 0 Å². The first-order chi connectivity index (χ1) is 12.4. The van der Waals surface area contributed by atoms with E-state index in [1.165, 1.54) is 30.5 Å². The Morgan fingerprint density at radius 1 is 1.15 bits per heavy atom. The number of hydrogen-bond donors (Lipinski definition) is 1. The van der Waals surface area contributed by atoms with Crippen LogP contribution < -0.4 is 0 Å². The number of nitriles is 1. The van der Waals surface area contributed by atoms with Crippen molar-refractivity contribution < 1.29 is 23.1 Å². The molecule has 0 bridgehead atoms. The Hall–Kier alpha value is -3.53. The molecule has 0 saturated carbocycles. The molecular formula is C19H11F3N2O2. The summed E-state index contributed by atoms with van der Waals surface area (Å²) in [5.41, 5.74) is 0.867. The van der Waals surface area contributed by atoms with E-state index in [1.54, 1.807) is 10.6 Å². The molecule has 0 aliphatic carbocycles. The molecule has 0 atom stereocenters. The van der Waals surface area contributed by atoms with Gasteiger partial charge in [-0.2, -0.15) is 5.26 Å². The molecule has 130 valence electrons. The topological polar surface area (TPSA) is 66.0 Å². The molecule has 0 aliphatic rings. The molecule has 0 radical (unpaired) electrons. The average Bonchev–Trinajstić information content (AvgIpc) is 2.92. The smallest absolute Gasteiger partial charge is 0.346 e. The number of carboxylic acids is 1. The van der Waals surface area contributed by atoms with Crippen molar-refractivity contribution in [3.8, 4) is 6.07 Å². The number of fused-ring (bicyclic) bond motifs is 1. The molecule has 3 aromatic rings. The van der Waals surface area contributed by atoms with Crippen LogP contribution in [0.3, 0.4) is 0 Å². The second-order valence-electron chi connectivity index (χ2n) is 5.60. The number of aromatic nitrogens is 1. The van der Waals surface area contributed by atoms with Gasteiger partial charge in [-0.25, -0.2) is 18.0 Å². The number of benzene rings is 2. The van der Waals surface area contributed by atoms with Crippen molar-refractivity contribution in [2.75, 3.05) is 0 Å². The summed E-state index contributed by atoms with van der Waals surface area (Å²) in [6.45, 7) is 0.155. The lowest BCUT2D eigenvalue weighted by atomic mass is 10.1. The lowest BCUT2D eigenvalue weighted by Gasteiger charge is -2.06. The van der Waals surface area contributed by atoms with Gasteiger partial charge in [-0.1, -0.05) is 6.07 Å². The van der Waals surface area contributed by atoms with Gasteiger partial charge in [0.05, 0.1) is 0 Å². The molecule has 0 spiro atoms. The van der Waals surface area contributed by atoms with Crippen molar-refractivity contribution in [2.24, 2.45) is 0 Å². The van der Waals surface area contributed by atoms with E-state index in [-0.39, 0.29) is 6.54 Å². The predicted octanol–water partition coefficient (Wildman–Crippen LogP) is 4.10. The van der Waals surface area contributed by atoms with Crippen LogP contribution in [-0.4, -0.2) is 15.6 Å². The molecule has 1 aromatic heterocycles. The van der Waals surface area contributed by atoms with E-state index in [2.05, 4.69) is 0 Å². The van der Waals surface area contributed by atoms with Gasteiger partial charge in [-0.3, -0.25) is 0 Å². The van der Waals surface area contributed by atoms with Gasteiger partial charge >= 0.3 is 5.97 Å². The minimum absolute atomic E-state index is 0.155. The van der Waals surface area contributed by atoms with Crippen molar-refractivity contribution >= 4 is 22.9 Å². The molecule has 4 nitrogen and oxygen atoms in total. The number of halogens is 3. The van der Waals surface area contributed by atoms with Crippen LogP contribution in [0, 0.1) is 28.8 Å². The number of carboxylic acid groups (broad SMARTS) is 1. The lowest BCUT2D eigenvalue weighted by molar-refractivity contribution is -0.132. The summed E-state index contributed by atoms with van der Waals surface area (Å²) in [6.07, 6.45) is 2.68. The Morgan fingerprint density at radius 3 is 2.58 bits per heavy atom. The molecule has 2 aromatic carbocycles. The minimum atomic E-state index is -1.40. The van der Waals surface area contributed by atoms with Crippen LogP contribution >= 0.6 is 0 Å². The quantitative estimate of drug-likeness (QED) is 0.565. The Kier molecular flexibility index (Phi) is 4.50. The largest absolute Gasteiger partial charge is 0.477 e. The number of hydrogen-bond acceptors (Lipinski definition) is 2. The normalized spacial score (nSPS) is 11.5. The molecule has 7 heteroatoms. The molecule has 0 fully saturated rings. The van der Waals surface area contributed by atoms with Crippen LogP contribution in [0.5, 0.6) is 0 Å². The van der Waals surface area contributed by atoms with E-state index in [1.807, 2.05) is 0 Å². The maximum Gasteiger partial charge on any atom is 0.346 e. The Labute approximate surface area is 146 Å². The molecule has 0 unspecified atom stereocenters. The van der Waals surface area contributed by atoms with Gasteiger partial charge in [0.15, 0.2) is 11.6 Å². The number of aliphatic carboxylic acids is 1. The van der Waals surface area contributed by atoms with Gasteiger partial charge in [0.1, 0.15) is 17.5 Å². The van der Waals surface area contributed by atoms with Crippen molar-refractivity contribution in [1.82, 2.24) is 4.57 Å². The highest BCUT2D eigenvalue weighted by Gasteiger charge is 2.13. The SMILES string of the molecule is N#C/C(=C\c1cn(Cc2ccc(F)c(F)c2)c2ccc(F)cc12)C(=O)O. The minimum Gasteiger partial charge on any atom is -0.477 e. The first-order valence-electron chi connectivity index (χ1n) is 7.46. The van der Waals surface area contributed by atoms with Crippen LogP contribution in [0.25, 0.3) is 17.0 Å². The van der Waals surface area contributed by atoms with Crippen molar-refractivity contribution in [3.05, 3.63) is 76.7 Å². The molecule has 26 heavy (non-hydrogen) atoms. The first-order valence-corrected chi connectivity index (χ1v) is 7.46. The van der Waals surface area contributed by atoms with Gasteiger partial charge < -0.3 is 9.67 Å². The van der Waals surface area contributed by atoms with Gasteiger partial charge in [-0.05, 0) is 42.0 Å². The molecule has 1 heterocycles. The van der Waals surface area contributed by atoms with E-state index in [0.29, 0.717) is 22.0 Å². The molecule has 0 saturated heterocycles. The van der Waals surface area contributed by atoms with Gasteiger partial charge in [0.25, 0.3) is 0 Å². The van der Waals surface area contributed by atoms with Crippen LogP contribution in [0.2, 0.25) is 0 Å². The standard InChI is InChI=1S/C19H11F3N2O2/c20-14-2-4-18-15(7-14)13(6-12(8-23)19(25)26)10-24(18)9-11-1-3-16(21)17(22)5-11/h1-7,10H,9H2,(H,25,26)/b12-6+. The second-order valence-corrected chi connectivity index (χ2v) is 5.60. The fourth-order valence-electron chi connectivity index (χ4n) is 2.67. The number of rotatable bonds is 4. The van der Waals surface area contributed by atoms with Gasteiger partial charge in [0, 0.05) is 29.2 Å². The Balaban J connectivity index is 2.13. The molecular weight excluding hydrogens is 345 g/mol. The molecule has 0 aliphatic heterocycles. The summed E-state index contributed by atoms with van der Waals surface area (Å²) in [5.74, 6) is -3.86. The second kappa shape index (κ2) is 6.76. The van der Waals surface area contributed by atoms with E-state index < -0.39 is 29.0 Å². The first kappa shape index (κ1) is 17.3. The molecule has 0 amide bonds. The van der Waals surface area contributed by atoms with Crippen LogP contribution in [-0.2, 0) is 11.3 Å². The monoisotopic (exact) mass is 356 g/mol. The summed E-state index contributed by atoms with van der Waals surface area (Å²) < 4.78 is 41.8. The summed E-state index contributed by atoms with van der Waals surface area (Å²) in [6, 6.07) is 9.00. The van der Waals surface area contributed by atoms with Crippen molar-refractivity contribution in [3.63, 3.8) is 0 Å². The highest BCUT2D eigenvalue weighted by molar-refractivity contribution is 6.00. The maximum absolute atomic E-state index is 13.6. The summed E-state index contributed by atoms with van der Waals surface area (Å²) >= 11 is 0. The maximum atomic E-state index is 13.6. The van der Waals surface area contributed by atoms with E-state index in [4.69, 9.17) is 10.4 Å². The van der Waals surface area contributed by atoms with E-state index in [0.717, 1.165) is 18.2 Å². The third kappa shape index (κ3) is 3.30. The lowest BCUT2D eigenvalue weighted by Crippen LogP contribution is -1.99. The fourth-order valence-corrected chi connectivity index (χ4v) is 2.67. The highest BCUT2D eigenvalue weighted by Crippen LogP contribution is 2.26. The Bertz CT molecular complexity index is 1090.